The van der Waals surface area contributed by atoms with E-state index in [2.05, 4.69) is 20.5 Å². The SMILES string of the molecule is O=C(NCc1ccc2c(c1)OCO2)c1ccnc(NCCN2CCOCC2)c1. The van der Waals surface area contributed by atoms with Crippen LogP contribution >= 0.6 is 0 Å². The number of hydrogen-bond donors (Lipinski definition) is 2. The highest BCUT2D eigenvalue weighted by atomic mass is 16.7. The van der Waals surface area contributed by atoms with Crippen LogP contribution in [0, 0.1) is 0 Å². The molecule has 3 heterocycles. The zero-order valence-electron chi connectivity index (χ0n) is 15.6. The lowest BCUT2D eigenvalue weighted by Gasteiger charge is -2.26. The van der Waals surface area contributed by atoms with E-state index in [0.29, 0.717) is 23.7 Å². The summed E-state index contributed by atoms with van der Waals surface area (Å²) in [6.45, 7) is 5.84. The van der Waals surface area contributed by atoms with Gasteiger partial charge in [0.1, 0.15) is 5.82 Å². The average molecular weight is 384 g/mol. The normalized spacial score (nSPS) is 16.0. The second-order valence-corrected chi connectivity index (χ2v) is 6.68. The first-order valence-corrected chi connectivity index (χ1v) is 9.45. The molecule has 8 heteroatoms. The van der Waals surface area contributed by atoms with Crippen molar-refractivity contribution in [2.24, 2.45) is 0 Å². The number of fused-ring (bicyclic) bond motifs is 1. The zero-order valence-corrected chi connectivity index (χ0v) is 15.6. The predicted octanol–water partition coefficient (Wildman–Crippen LogP) is 1.48. The van der Waals surface area contributed by atoms with Crippen LogP contribution in [0.1, 0.15) is 15.9 Å². The monoisotopic (exact) mass is 384 g/mol. The molecule has 1 aromatic heterocycles. The molecule has 2 aliphatic rings. The molecule has 2 aliphatic heterocycles. The molecule has 0 saturated carbocycles. The molecule has 4 rings (SSSR count). The van der Waals surface area contributed by atoms with Gasteiger partial charge in [0.05, 0.1) is 13.2 Å². The Morgan fingerprint density at radius 1 is 1.11 bits per heavy atom. The number of ether oxygens (including phenoxy) is 3. The van der Waals surface area contributed by atoms with Gasteiger partial charge in [-0.2, -0.15) is 0 Å². The van der Waals surface area contributed by atoms with Crippen LogP contribution in [0.4, 0.5) is 5.82 Å². The van der Waals surface area contributed by atoms with E-state index in [0.717, 1.165) is 50.7 Å². The fourth-order valence-electron chi connectivity index (χ4n) is 3.17. The molecule has 1 amide bonds. The van der Waals surface area contributed by atoms with E-state index < -0.39 is 0 Å². The smallest absolute Gasteiger partial charge is 0.251 e. The third kappa shape index (κ3) is 4.71. The number of morpholine rings is 1. The minimum Gasteiger partial charge on any atom is -0.454 e. The van der Waals surface area contributed by atoms with Crippen molar-refractivity contribution in [3.05, 3.63) is 47.7 Å². The Morgan fingerprint density at radius 2 is 1.96 bits per heavy atom. The van der Waals surface area contributed by atoms with Crippen LogP contribution in [-0.2, 0) is 11.3 Å². The number of pyridine rings is 1. The van der Waals surface area contributed by atoms with Gasteiger partial charge in [0.2, 0.25) is 6.79 Å². The van der Waals surface area contributed by atoms with Crippen molar-refractivity contribution in [1.29, 1.82) is 0 Å². The van der Waals surface area contributed by atoms with Gasteiger partial charge in [-0.3, -0.25) is 9.69 Å². The summed E-state index contributed by atoms with van der Waals surface area (Å²) in [5.74, 6) is 2.00. The summed E-state index contributed by atoms with van der Waals surface area (Å²) in [5.41, 5.74) is 1.53. The van der Waals surface area contributed by atoms with E-state index in [-0.39, 0.29) is 12.7 Å². The first kappa shape index (κ1) is 18.5. The number of amides is 1. The fourth-order valence-corrected chi connectivity index (χ4v) is 3.17. The summed E-state index contributed by atoms with van der Waals surface area (Å²) in [6.07, 6.45) is 1.65. The molecule has 0 unspecified atom stereocenters. The molecule has 1 fully saturated rings. The number of nitrogens with one attached hydrogen (secondary N) is 2. The van der Waals surface area contributed by atoms with Crippen molar-refractivity contribution in [2.75, 3.05) is 51.5 Å². The van der Waals surface area contributed by atoms with Crippen LogP contribution in [0.2, 0.25) is 0 Å². The van der Waals surface area contributed by atoms with Gasteiger partial charge < -0.3 is 24.8 Å². The number of benzene rings is 1. The lowest BCUT2D eigenvalue weighted by atomic mass is 10.2. The second kappa shape index (κ2) is 8.90. The van der Waals surface area contributed by atoms with Crippen molar-refractivity contribution in [3.8, 4) is 11.5 Å². The minimum absolute atomic E-state index is 0.142. The van der Waals surface area contributed by atoms with E-state index in [4.69, 9.17) is 14.2 Å². The van der Waals surface area contributed by atoms with Gasteiger partial charge in [0.15, 0.2) is 11.5 Å². The van der Waals surface area contributed by atoms with Crippen LogP contribution < -0.4 is 20.1 Å². The minimum atomic E-state index is -0.142. The van der Waals surface area contributed by atoms with E-state index in [1.165, 1.54) is 0 Å². The Hall–Kier alpha value is -2.84. The molecule has 0 bridgehead atoms. The highest BCUT2D eigenvalue weighted by Gasteiger charge is 2.14. The summed E-state index contributed by atoms with van der Waals surface area (Å²) in [7, 11) is 0. The van der Waals surface area contributed by atoms with Gasteiger partial charge in [-0.25, -0.2) is 4.98 Å². The predicted molar refractivity (Wildman–Crippen MR) is 104 cm³/mol. The Morgan fingerprint density at radius 3 is 2.86 bits per heavy atom. The molecule has 28 heavy (non-hydrogen) atoms. The number of carbonyl (C=O) groups is 1. The summed E-state index contributed by atoms with van der Waals surface area (Å²) in [5, 5.41) is 6.21. The Kier molecular flexibility index (Phi) is 5.89. The van der Waals surface area contributed by atoms with Crippen molar-refractivity contribution in [1.82, 2.24) is 15.2 Å². The number of hydrogen-bond acceptors (Lipinski definition) is 7. The molecule has 148 valence electrons. The van der Waals surface area contributed by atoms with Gasteiger partial charge in [-0.1, -0.05) is 6.07 Å². The Labute approximate surface area is 163 Å². The summed E-state index contributed by atoms with van der Waals surface area (Å²) in [4.78, 5) is 19.1. The number of nitrogens with zero attached hydrogens (tertiary/aromatic N) is 2. The Bertz CT molecular complexity index is 824. The van der Waals surface area contributed by atoms with Crippen molar-refractivity contribution < 1.29 is 19.0 Å². The fraction of sp³-hybridized carbons (Fsp3) is 0.400. The molecule has 2 aromatic rings. The molecule has 0 spiro atoms. The van der Waals surface area contributed by atoms with E-state index in [1.54, 1.807) is 18.3 Å². The third-order valence-corrected chi connectivity index (χ3v) is 4.75. The van der Waals surface area contributed by atoms with E-state index >= 15 is 0 Å². The topological polar surface area (TPSA) is 85.0 Å². The molecule has 8 nitrogen and oxygen atoms in total. The molecule has 1 saturated heterocycles. The summed E-state index contributed by atoms with van der Waals surface area (Å²) >= 11 is 0. The maximum Gasteiger partial charge on any atom is 0.251 e. The van der Waals surface area contributed by atoms with E-state index in [1.807, 2.05) is 18.2 Å². The highest BCUT2D eigenvalue weighted by Crippen LogP contribution is 2.32. The quantitative estimate of drug-likeness (QED) is 0.748. The molecule has 1 aromatic carbocycles. The first-order chi connectivity index (χ1) is 13.8. The van der Waals surface area contributed by atoms with Gasteiger partial charge in [0.25, 0.3) is 5.91 Å². The van der Waals surface area contributed by atoms with Crippen LogP contribution in [0.15, 0.2) is 36.5 Å². The molecule has 0 atom stereocenters. The average Bonchev–Trinajstić information content (AvgIpc) is 3.21. The molecular weight excluding hydrogens is 360 g/mol. The van der Waals surface area contributed by atoms with Gasteiger partial charge in [-0.15, -0.1) is 0 Å². The summed E-state index contributed by atoms with van der Waals surface area (Å²) in [6, 6.07) is 9.13. The lowest BCUT2D eigenvalue weighted by molar-refractivity contribution is 0.0398. The number of aromatic nitrogens is 1. The van der Waals surface area contributed by atoms with Crippen molar-refractivity contribution in [2.45, 2.75) is 6.54 Å². The van der Waals surface area contributed by atoms with Crippen molar-refractivity contribution >= 4 is 11.7 Å². The third-order valence-electron chi connectivity index (χ3n) is 4.75. The molecule has 0 radical (unpaired) electrons. The van der Waals surface area contributed by atoms with E-state index in [9.17, 15) is 4.79 Å². The van der Waals surface area contributed by atoms with Crippen LogP contribution in [0.25, 0.3) is 0 Å². The lowest BCUT2D eigenvalue weighted by Crippen LogP contribution is -2.39. The molecule has 0 aliphatic carbocycles. The standard InChI is InChI=1S/C20H24N4O4/c25-20(23-13-15-1-2-17-18(11-15)28-14-27-17)16-3-4-21-19(12-16)22-5-6-24-7-9-26-10-8-24/h1-4,11-12H,5-10,13-14H2,(H,21,22)(H,23,25). The van der Waals surface area contributed by atoms with Crippen LogP contribution in [0.3, 0.4) is 0 Å². The molecular formula is C20H24N4O4. The maximum atomic E-state index is 12.5. The number of anilines is 1. The maximum absolute atomic E-state index is 12.5. The largest absolute Gasteiger partial charge is 0.454 e. The van der Waals surface area contributed by atoms with Crippen LogP contribution in [0.5, 0.6) is 11.5 Å². The molecule has 2 N–H and O–H groups in total. The zero-order chi connectivity index (χ0) is 19.2. The first-order valence-electron chi connectivity index (χ1n) is 9.45. The van der Waals surface area contributed by atoms with Crippen LogP contribution in [-0.4, -0.2) is 62.0 Å². The second-order valence-electron chi connectivity index (χ2n) is 6.68. The Balaban J connectivity index is 1.27. The van der Waals surface area contributed by atoms with Gasteiger partial charge in [0, 0.05) is 44.5 Å². The van der Waals surface area contributed by atoms with Crippen molar-refractivity contribution in [3.63, 3.8) is 0 Å². The summed E-state index contributed by atoms with van der Waals surface area (Å²) < 4.78 is 16.0. The number of carbonyl (C=O) groups excluding carboxylic acids is 1. The number of rotatable bonds is 7. The van der Waals surface area contributed by atoms with Gasteiger partial charge >= 0.3 is 0 Å². The highest BCUT2D eigenvalue weighted by molar-refractivity contribution is 5.94. The van der Waals surface area contributed by atoms with Gasteiger partial charge in [-0.05, 0) is 29.8 Å².